The van der Waals surface area contributed by atoms with Crippen LogP contribution >= 0.6 is 0 Å². The van der Waals surface area contributed by atoms with Crippen molar-refractivity contribution in [3.63, 3.8) is 0 Å². The van der Waals surface area contributed by atoms with Crippen LogP contribution in [0.4, 0.5) is 24.8 Å². The number of sulfone groups is 1. The minimum atomic E-state index is -4.50. The van der Waals surface area contributed by atoms with Crippen molar-refractivity contribution in [3.05, 3.63) is 17.7 Å². The number of anilines is 2. The maximum Gasteiger partial charge on any atom is 0.416 e. The van der Waals surface area contributed by atoms with Crippen LogP contribution in [0.15, 0.2) is 12.1 Å². The Balaban J connectivity index is 3.04. The van der Waals surface area contributed by atoms with Crippen LogP contribution < -0.4 is 10.6 Å². The summed E-state index contributed by atoms with van der Waals surface area (Å²) in [5.74, 6) is 0.00962. The summed E-state index contributed by atoms with van der Waals surface area (Å²) in [6, 6.07) is 1.73. The molecule has 0 aromatic carbocycles. The van der Waals surface area contributed by atoms with Crippen molar-refractivity contribution >= 4 is 21.5 Å². The van der Waals surface area contributed by atoms with Gasteiger partial charge >= 0.3 is 6.18 Å². The molecule has 0 aliphatic heterocycles. The highest BCUT2D eigenvalue weighted by Gasteiger charge is 2.33. The van der Waals surface area contributed by atoms with Crippen molar-refractivity contribution in [2.75, 3.05) is 30.5 Å². The second kappa shape index (κ2) is 5.70. The quantitative estimate of drug-likeness (QED) is 0.870. The monoisotopic (exact) mass is 325 g/mol. The van der Waals surface area contributed by atoms with Crippen LogP contribution in [-0.2, 0) is 16.0 Å². The van der Waals surface area contributed by atoms with Gasteiger partial charge in [-0.2, -0.15) is 13.2 Å². The second-order valence-corrected chi connectivity index (χ2v) is 7.91. The Morgan fingerprint density at radius 1 is 1.19 bits per heavy atom. The highest BCUT2D eigenvalue weighted by atomic mass is 32.2. The van der Waals surface area contributed by atoms with Crippen molar-refractivity contribution in [1.29, 1.82) is 0 Å². The lowest BCUT2D eigenvalue weighted by Crippen LogP contribution is -2.38. The van der Waals surface area contributed by atoms with E-state index in [0.717, 1.165) is 18.4 Å². The zero-order valence-corrected chi connectivity index (χ0v) is 13.0. The maximum absolute atomic E-state index is 12.8. The molecule has 1 aromatic rings. The van der Waals surface area contributed by atoms with Crippen LogP contribution in [0.2, 0.25) is 0 Å². The number of nitrogens with one attached hydrogen (secondary N) is 2. The first-order valence-corrected chi connectivity index (χ1v) is 7.96. The SMILES string of the molecule is CNc1cc(C(F)(F)F)cc(NCC(C)(C)S(C)(=O)=O)n1. The molecular formula is C12H18F3N3O2S. The molecule has 0 aliphatic rings. The predicted octanol–water partition coefficient (Wildman–Crippen LogP) is 2.38. The molecule has 1 rings (SSSR count). The lowest BCUT2D eigenvalue weighted by atomic mass is 10.2. The van der Waals surface area contributed by atoms with Crippen LogP contribution in [0.25, 0.3) is 0 Å². The van der Waals surface area contributed by atoms with Gasteiger partial charge in [0.2, 0.25) is 0 Å². The third kappa shape index (κ3) is 4.48. The molecule has 0 bridgehead atoms. The van der Waals surface area contributed by atoms with Crippen molar-refractivity contribution in [3.8, 4) is 0 Å². The third-order valence-electron chi connectivity index (χ3n) is 3.11. The number of alkyl halides is 3. The van der Waals surface area contributed by atoms with E-state index in [1.807, 2.05) is 0 Å². The van der Waals surface area contributed by atoms with Gasteiger partial charge in [0.1, 0.15) is 11.6 Å². The zero-order chi connectivity index (χ0) is 16.5. The van der Waals surface area contributed by atoms with Crippen LogP contribution in [0.3, 0.4) is 0 Å². The molecule has 0 atom stereocenters. The molecule has 0 fully saturated rings. The third-order valence-corrected chi connectivity index (χ3v) is 5.26. The number of halogens is 3. The Hall–Kier alpha value is -1.51. The minimum Gasteiger partial charge on any atom is -0.373 e. The topological polar surface area (TPSA) is 71.1 Å². The Bertz CT molecular complexity index is 613. The lowest BCUT2D eigenvalue weighted by Gasteiger charge is -2.23. The van der Waals surface area contributed by atoms with E-state index in [1.165, 1.54) is 20.9 Å². The number of rotatable bonds is 5. The molecule has 9 heteroatoms. The molecule has 0 saturated heterocycles. The Morgan fingerprint density at radius 3 is 2.14 bits per heavy atom. The Labute approximate surface area is 121 Å². The molecule has 21 heavy (non-hydrogen) atoms. The molecule has 120 valence electrons. The minimum absolute atomic E-state index is 0.0362. The van der Waals surface area contributed by atoms with E-state index in [-0.39, 0.29) is 18.2 Å². The molecule has 0 amide bonds. The number of pyridine rings is 1. The van der Waals surface area contributed by atoms with Crippen molar-refractivity contribution in [2.24, 2.45) is 0 Å². The standard InChI is InChI=1S/C12H18F3N3O2S/c1-11(2,21(4,19)20)7-17-10-6-8(12(13,14)15)5-9(16-3)18-10/h5-6H,7H2,1-4H3,(H2,16,17,18). The van der Waals surface area contributed by atoms with Gasteiger partial charge in [-0.25, -0.2) is 13.4 Å². The number of hydrogen-bond acceptors (Lipinski definition) is 5. The summed E-state index contributed by atoms with van der Waals surface area (Å²) in [5.41, 5.74) is -0.860. The summed E-state index contributed by atoms with van der Waals surface area (Å²) >= 11 is 0. The van der Waals surface area contributed by atoms with Crippen LogP contribution in [0.5, 0.6) is 0 Å². The molecule has 1 heterocycles. The molecule has 0 radical (unpaired) electrons. The van der Waals surface area contributed by atoms with E-state index in [4.69, 9.17) is 0 Å². The predicted molar refractivity (Wildman–Crippen MR) is 76.2 cm³/mol. The van der Waals surface area contributed by atoms with Crippen molar-refractivity contribution in [2.45, 2.75) is 24.8 Å². The number of aromatic nitrogens is 1. The fraction of sp³-hybridized carbons (Fsp3) is 0.583. The summed E-state index contributed by atoms with van der Waals surface area (Å²) in [7, 11) is -1.90. The largest absolute Gasteiger partial charge is 0.416 e. The molecule has 0 unspecified atom stereocenters. The average molecular weight is 325 g/mol. The van der Waals surface area contributed by atoms with E-state index in [1.54, 1.807) is 0 Å². The van der Waals surface area contributed by atoms with Gasteiger partial charge in [-0.15, -0.1) is 0 Å². The molecule has 0 spiro atoms. The van der Waals surface area contributed by atoms with Crippen LogP contribution in [0, 0.1) is 0 Å². The Kier molecular flexibility index (Phi) is 4.76. The second-order valence-electron chi connectivity index (χ2n) is 5.26. The molecule has 1 aromatic heterocycles. The maximum atomic E-state index is 12.8. The first kappa shape index (κ1) is 17.5. The van der Waals surface area contributed by atoms with E-state index >= 15 is 0 Å². The van der Waals surface area contributed by atoms with Gasteiger partial charge in [0.05, 0.1) is 10.3 Å². The fourth-order valence-electron chi connectivity index (χ4n) is 1.35. The van der Waals surface area contributed by atoms with Crippen LogP contribution in [-0.4, -0.2) is 38.0 Å². The van der Waals surface area contributed by atoms with Gasteiger partial charge < -0.3 is 10.6 Å². The highest BCUT2D eigenvalue weighted by molar-refractivity contribution is 7.92. The summed E-state index contributed by atoms with van der Waals surface area (Å²) in [5, 5.41) is 5.19. The highest BCUT2D eigenvalue weighted by Crippen LogP contribution is 2.32. The lowest BCUT2D eigenvalue weighted by molar-refractivity contribution is -0.137. The van der Waals surface area contributed by atoms with Gasteiger partial charge in [-0.3, -0.25) is 0 Å². The zero-order valence-electron chi connectivity index (χ0n) is 12.2. The average Bonchev–Trinajstić information content (AvgIpc) is 2.33. The summed E-state index contributed by atoms with van der Waals surface area (Å²) in [4.78, 5) is 3.93. The van der Waals surface area contributed by atoms with Gasteiger partial charge in [-0.05, 0) is 26.0 Å². The number of hydrogen-bond donors (Lipinski definition) is 2. The fourth-order valence-corrected chi connectivity index (χ4v) is 1.68. The summed E-state index contributed by atoms with van der Waals surface area (Å²) < 4.78 is 60.3. The van der Waals surface area contributed by atoms with Gasteiger partial charge in [0.25, 0.3) is 0 Å². The summed E-state index contributed by atoms with van der Waals surface area (Å²) in [6.07, 6.45) is -3.43. The van der Waals surface area contributed by atoms with Crippen molar-refractivity contribution < 1.29 is 21.6 Å². The number of nitrogens with zero attached hydrogens (tertiary/aromatic N) is 1. The van der Waals surface area contributed by atoms with Crippen molar-refractivity contribution in [1.82, 2.24) is 4.98 Å². The molecule has 0 aliphatic carbocycles. The first-order valence-electron chi connectivity index (χ1n) is 6.07. The van der Waals surface area contributed by atoms with Gasteiger partial charge in [0.15, 0.2) is 9.84 Å². The first-order chi connectivity index (χ1) is 9.37. The van der Waals surface area contributed by atoms with Gasteiger partial charge in [-0.1, -0.05) is 0 Å². The Morgan fingerprint density at radius 2 is 1.71 bits per heavy atom. The summed E-state index contributed by atoms with van der Waals surface area (Å²) in [6.45, 7) is 2.92. The van der Waals surface area contributed by atoms with Gasteiger partial charge in [0, 0.05) is 19.8 Å². The van der Waals surface area contributed by atoms with E-state index < -0.39 is 26.3 Å². The van der Waals surface area contributed by atoms with Crippen LogP contribution in [0.1, 0.15) is 19.4 Å². The smallest absolute Gasteiger partial charge is 0.373 e. The molecule has 5 nitrogen and oxygen atoms in total. The molecular weight excluding hydrogens is 307 g/mol. The van der Waals surface area contributed by atoms with E-state index in [0.29, 0.717) is 0 Å². The van der Waals surface area contributed by atoms with E-state index in [9.17, 15) is 21.6 Å². The molecule has 2 N–H and O–H groups in total. The normalized spacial score (nSPS) is 13.1. The molecule has 0 saturated carbocycles. The van der Waals surface area contributed by atoms with E-state index in [2.05, 4.69) is 15.6 Å².